The summed E-state index contributed by atoms with van der Waals surface area (Å²) in [6.45, 7) is 6.30. The van der Waals surface area contributed by atoms with Gasteiger partial charge in [0.05, 0.1) is 5.54 Å². The molecule has 0 aromatic rings. The van der Waals surface area contributed by atoms with E-state index in [2.05, 4.69) is 24.2 Å². The standard InChI is InChI=1S/C15H29N3O/c1-15(8-4-5-9-16-15)14(19)18(3)12-13-6-10-17(2)11-7-13/h13,16H,4-12H2,1-3H3. The van der Waals surface area contributed by atoms with Crippen LogP contribution in [0, 0.1) is 5.92 Å². The van der Waals surface area contributed by atoms with E-state index in [0.29, 0.717) is 5.92 Å². The van der Waals surface area contributed by atoms with E-state index in [1.165, 1.54) is 32.4 Å². The van der Waals surface area contributed by atoms with Gasteiger partial charge in [-0.3, -0.25) is 4.79 Å². The Balaban J connectivity index is 1.85. The smallest absolute Gasteiger partial charge is 0.242 e. The lowest BCUT2D eigenvalue weighted by atomic mass is 9.89. The molecule has 2 saturated heterocycles. The van der Waals surface area contributed by atoms with E-state index in [1.807, 2.05) is 11.9 Å². The molecule has 4 nitrogen and oxygen atoms in total. The van der Waals surface area contributed by atoms with Crippen molar-refractivity contribution in [2.45, 2.75) is 44.6 Å². The third kappa shape index (κ3) is 3.69. The highest BCUT2D eigenvalue weighted by atomic mass is 16.2. The van der Waals surface area contributed by atoms with Crippen LogP contribution in [0.4, 0.5) is 0 Å². The second kappa shape index (κ2) is 6.23. The number of rotatable bonds is 3. The Morgan fingerprint density at radius 3 is 2.63 bits per heavy atom. The molecule has 2 aliphatic rings. The van der Waals surface area contributed by atoms with E-state index in [4.69, 9.17) is 0 Å². The van der Waals surface area contributed by atoms with Gasteiger partial charge in [-0.25, -0.2) is 0 Å². The second-order valence-corrected chi connectivity index (χ2v) is 6.65. The molecule has 0 spiro atoms. The number of hydrogen-bond donors (Lipinski definition) is 1. The predicted molar refractivity (Wildman–Crippen MR) is 78.1 cm³/mol. The highest BCUT2D eigenvalue weighted by molar-refractivity contribution is 5.85. The van der Waals surface area contributed by atoms with E-state index in [0.717, 1.165) is 25.9 Å². The molecule has 110 valence electrons. The first-order chi connectivity index (χ1) is 9.01. The summed E-state index contributed by atoms with van der Waals surface area (Å²) in [7, 11) is 4.15. The molecule has 0 saturated carbocycles. The number of carbonyl (C=O) groups excluding carboxylic acids is 1. The summed E-state index contributed by atoms with van der Waals surface area (Å²) in [4.78, 5) is 17.0. The van der Waals surface area contributed by atoms with Gasteiger partial charge in [-0.15, -0.1) is 0 Å². The molecule has 4 heteroatoms. The zero-order valence-corrected chi connectivity index (χ0v) is 12.7. The molecule has 0 aromatic heterocycles. The van der Waals surface area contributed by atoms with Gasteiger partial charge in [0.2, 0.25) is 5.91 Å². The molecule has 1 amide bonds. The fourth-order valence-corrected chi connectivity index (χ4v) is 3.37. The summed E-state index contributed by atoms with van der Waals surface area (Å²) in [5.41, 5.74) is -0.321. The fraction of sp³-hybridized carbons (Fsp3) is 0.933. The van der Waals surface area contributed by atoms with Crippen molar-refractivity contribution in [2.75, 3.05) is 40.3 Å². The number of nitrogens with zero attached hydrogens (tertiary/aromatic N) is 2. The SMILES string of the molecule is CN1CCC(CN(C)C(=O)C2(C)CCCCN2)CC1. The third-order valence-corrected chi connectivity index (χ3v) is 4.81. The number of hydrogen-bond acceptors (Lipinski definition) is 3. The van der Waals surface area contributed by atoms with Crippen LogP contribution in [-0.2, 0) is 4.79 Å². The Morgan fingerprint density at radius 1 is 1.37 bits per heavy atom. The van der Waals surface area contributed by atoms with Gasteiger partial charge < -0.3 is 15.1 Å². The lowest BCUT2D eigenvalue weighted by Gasteiger charge is -2.38. The Morgan fingerprint density at radius 2 is 2.05 bits per heavy atom. The van der Waals surface area contributed by atoms with Crippen LogP contribution in [0.1, 0.15) is 39.0 Å². The van der Waals surface area contributed by atoms with Gasteiger partial charge in [0.1, 0.15) is 0 Å². The van der Waals surface area contributed by atoms with E-state index in [9.17, 15) is 4.79 Å². The average Bonchev–Trinajstić information content (AvgIpc) is 2.41. The van der Waals surface area contributed by atoms with Crippen LogP contribution < -0.4 is 5.32 Å². The molecule has 2 aliphatic heterocycles. The molecule has 0 bridgehead atoms. The largest absolute Gasteiger partial charge is 0.344 e. The van der Waals surface area contributed by atoms with Gasteiger partial charge >= 0.3 is 0 Å². The molecular formula is C15H29N3O. The van der Waals surface area contributed by atoms with Gasteiger partial charge in [-0.05, 0) is 71.6 Å². The van der Waals surface area contributed by atoms with Crippen LogP contribution in [0.3, 0.4) is 0 Å². The van der Waals surface area contributed by atoms with Crippen LogP contribution in [0.15, 0.2) is 0 Å². The van der Waals surface area contributed by atoms with Crippen LogP contribution in [0.25, 0.3) is 0 Å². The maximum atomic E-state index is 12.6. The maximum absolute atomic E-state index is 12.6. The van der Waals surface area contributed by atoms with Crippen molar-refractivity contribution in [3.8, 4) is 0 Å². The van der Waals surface area contributed by atoms with E-state index >= 15 is 0 Å². The van der Waals surface area contributed by atoms with Crippen molar-refractivity contribution in [3.63, 3.8) is 0 Å². The minimum Gasteiger partial charge on any atom is -0.344 e. The summed E-state index contributed by atoms with van der Waals surface area (Å²) in [5, 5.41) is 3.42. The normalized spacial score (nSPS) is 30.3. The van der Waals surface area contributed by atoms with Crippen LogP contribution >= 0.6 is 0 Å². The first-order valence-electron chi connectivity index (χ1n) is 7.70. The van der Waals surface area contributed by atoms with Gasteiger partial charge in [-0.1, -0.05) is 0 Å². The number of nitrogens with one attached hydrogen (secondary N) is 1. The second-order valence-electron chi connectivity index (χ2n) is 6.65. The topological polar surface area (TPSA) is 35.6 Å². The average molecular weight is 267 g/mol. The number of amides is 1. The first-order valence-corrected chi connectivity index (χ1v) is 7.70. The Labute approximate surface area is 117 Å². The van der Waals surface area contributed by atoms with Crippen LogP contribution in [0.2, 0.25) is 0 Å². The molecule has 2 rings (SSSR count). The molecule has 0 aliphatic carbocycles. The van der Waals surface area contributed by atoms with Crippen molar-refractivity contribution < 1.29 is 4.79 Å². The zero-order valence-electron chi connectivity index (χ0n) is 12.7. The minimum absolute atomic E-state index is 0.283. The van der Waals surface area contributed by atoms with Gasteiger partial charge in [0.15, 0.2) is 0 Å². The molecule has 0 aromatic carbocycles. The number of likely N-dealkylation sites (N-methyl/N-ethyl adjacent to an activating group) is 1. The van der Waals surface area contributed by atoms with Crippen molar-refractivity contribution in [2.24, 2.45) is 5.92 Å². The van der Waals surface area contributed by atoms with E-state index in [1.54, 1.807) is 0 Å². The quantitative estimate of drug-likeness (QED) is 0.838. The molecule has 1 atom stereocenters. The van der Waals surface area contributed by atoms with E-state index < -0.39 is 0 Å². The molecular weight excluding hydrogens is 238 g/mol. The fourth-order valence-electron chi connectivity index (χ4n) is 3.37. The van der Waals surface area contributed by atoms with Crippen molar-refractivity contribution in [1.29, 1.82) is 0 Å². The maximum Gasteiger partial charge on any atom is 0.242 e. The summed E-state index contributed by atoms with van der Waals surface area (Å²) in [6.07, 6.45) is 5.78. The zero-order chi connectivity index (χ0) is 13.9. The van der Waals surface area contributed by atoms with Gasteiger partial charge in [-0.2, -0.15) is 0 Å². The number of carbonyl (C=O) groups is 1. The monoisotopic (exact) mass is 267 g/mol. The highest BCUT2D eigenvalue weighted by Gasteiger charge is 2.36. The summed E-state index contributed by atoms with van der Waals surface area (Å²) in [5.74, 6) is 0.962. The van der Waals surface area contributed by atoms with Crippen molar-refractivity contribution in [3.05, 3.63) is 0 Å². The molecule has 2 fully saturated rings. The molecule has 1 unspecified atom stereocenters. The molecule has 19 heavy (non-hydrogen) atoms. The van der Waals surface area contributed by atoms with E-state index in [-0.39, 0.29) is 11.4 Å². The summed E-state index contributed by atoms with van der Waals surface area (Å²) >= 11 is 0. The van der Waals surface area contributed by atoms with Crippen molar-refractivity contribution >= 4 is 5.91 Å². The third-order valence-electron chi connectivity index (χ3n) is 4.81. The minimum atomic E-state index is -0.321. The number of likely N-dealkylation sites (tertiary alicyclic amines) is 1. The Bertz CT molecular complexity index is 305. The summed E-state index contributed by atoms with van der Waals surface area (Å²) in [6, 6.07) is 0. The molecule has 0 radical (unpaired) electrons. The number of piperidine rings is 2. The Hall–Kier alpha value is -0.610. The van der Waals surface area contributed by atoms with Crippen LogP contribution in [0.5, 0.6) is 0 Å². The predicted octanol–water partition coefficient (Wildman–Crippen LogP) is 1.32. The molecule has 1 N–H and O–H groups in total. The van der Waals surface area contributed by atoms with Gasteiger partial charge in [0.25, 0.3) is 0 Å². The van der Waals surface area contributed by atoms with Crippen molar-refractivity contribution in [1.82, 2.24) is 15.1 Å². The lowest BCUT2D eigenvalue weighted by molar-refractivity contribution is -0.138. The highest BCUT2D eigenvalue weighted by Crippen LogP contribution is 2.23. The van der Waals surface area contributed by atoms with Crippen LogP contribution in [-0.4, -0.2) is 61.5 Å². The Kier molecular flexibility index (Phi) is 4.85. The van der Waals surface area contributed by atoms with Gasteiger partial charge in [0, 0.05) is 13.6 Å². The lowest BCUT2D eigenvalue weighted by Crippen LogP contribution is -2.57. The first kappa shape index (κ1) is 14.8. The molecule has 2 heterocycles. The summed E-state index contributed by atoms with van der Waals surface area (Å²) < 4.78 is 0.